The number of aromatic nitrogens is 2. The Kier molecular flexibility index (Phi) is 6.90. The van der Waals surface area contributed by atoms with Gasteiger partial charge in [-0.25, -0.2) is 4.98 Å². The van der Waals surface area contributed by atoms with Crippen molar-refractivity contribution in [1.82, 2.24) is 9.97 Å². The Morgan fingerprint density at radius 2 is 2.03 bits per heavy atom. The summed E-state index contributed by atoms with van der Waals surface area (Å²) in [5, 5.41) is 6.80. The Labute approximate surface area is 177 Å². The van der Waals surface area contributed by atoms with E-state index in [9.17, 15) is 0 Å². The maximum absolute atomic E-state index is 5.19. The molecular formula is C25H25N5. The van der Waals surface area contributed by atoms with Crippen LogP contribution in [0.3, 0.4) is 0 Å². The first kappa shape index (κ1) is 20.7. The van der Waals surface area contributed by atoms with Crippen LogP contribution in [0, 0.1) is 6.92 Å². The lowest BCUT2D eigenvalue weighted by Gasteiger charge is -2.12. The van der Waals surface area contributed by atoms with Crippen LogP contribution in [-0.4, -0.2) is 16.2 Å². The van der Waals surface area contributed by atoms with Crippen molar-refractivity contribution < 1.29 is 0 Å². The van der Waals surface area contributed by atoms with Crippen LogP contribution in [0.2, 0.25) is 0 Å². The molecule has 0 bridgehead atoms. The number of hydrazone groups is 1. The molecule has 30 heavy (non-hydrogen) atoms. The van der Waals surface area contributed by atoms with Crippen molar-refractivity contribution in [2.75, 3.05) is 5.32 Å². The summed E-state index contributed by atoms with van der Waals surface area (Å²) in [5.41, 5.74) is 7.13. The molecule has 150 valence electrons. The summed E-state index contributed by atoms with van der Waals surface area (Å²) < 4.78 is 0. The van der Waals surface area contributed by atoms with Crippen LogP contribution in [0.4, 0.5) is 5.82 Å². The molecule has 0 aliphatic carbocycles. The number of pyridine rings is 2. The van der Waals surface area contributed by atoms with Gasteiger partial charge in [0.25, 0.3) is 0 Å². The first-order chi connectivity index (χ1) is 14.6. The minimum absolute atomic E-state index is 0.697. The van der Waals surface area contributed by atoms with E-state index in [1.807, 2.05) is 42.6 Å². The highest BCUT2D eigenvalue weighted by atomic mass is 15.1. The highest BCUT2D eigenvalue weighted by Crippen LogP contribution is 2.22. The summed E-state index contributed by atoms with van der Waals surface area (Å²) in [6.07, 6.45) is 9.48. The summed E-state index contributed by atoms with van der Waals surface area (Å²) in [6, 6.07) is 16.1. The molecule has 3 aromatic rings. The Balaban J connectivity index is 1.66. The number of rotatable bonds is 8. The first-order valence-corrected chi connectivity index (χ1v) is 9.59. The van der Waals surface area contributed by atoms with Crippen molar-refractivity contribution in [3.8, 4) is 11.3 Å². The number of nitrogens with zero attached hydrogens (tertiary/aromatic N) is 3. The third-order valence-corrected chi connectivity index (χ3v) is 4.61. The summed E-state index contributed by atoms with van der Waals surface area (Å²) in [7, 11) is 0. The van der Waals surface area contributed by atoms with Crippen LogP contribution in [0.15, 0.2) is 97.0 Å². The monoisotopic (exact) mass is 395 g/mol. The quantitative estimate of drug-likeness (QED) is 0.240. The van der Waals surface area contributed by atoms with Gasteiger partial charge >= 0.3 is 0 Å². The molecule has 0 saturated carbocycles. The molecule has 0 radical (unpaired) electrons. The molecule has 0 aliphatic heterocycles. The highest BCUT2D eigenvalue weighted by Gasteiger charge is 2.06. The van der Waals surface area contributed by atoms with E-state index in [1.165, 1.54) is 0 Å². The fourth-order valence-electron chi connectivity index (χ4n) is 3.18. The zero-order chi connectivity index (χ0) is 21.3. The second kappa shape index (κ2) is 9.98. The molecule has 0 aliphatic rings. The fourth-order valence-corrected chi connectivity index (χ4v) is 3.18. The smallest absolute Gasteiger partial charge is 0.130 e. The van der Waals surface area contributed by atoms with Gasteiger partial charge in [0, 0.05) is 36.3 Å². The lowest BCUT2D eigenvalue weighted by molar-refractivity contribution is 1.13. The lowest BCUT2D eigenvalue weighted by atomic mass is 9.97. The van der Waals surface area contributed by atoms with Crippen molar-refractivity contribution in [2.24, 2.45) is 10.9 Å². The minimum Gasteiger partial charge on any atom is -0.344 e. The second-order valence-corrected chi connectivity index (χ2v) is 6.83. The molecule has 0 atom stereocenters. The van der Waals surface area contributed by atoms with E-state index in [2.05, 4.69) is 58.7 Å². The standard InChI is InChI=1S/C25H25N5/c1-4-21(12-14-29-26)23-10-8-20(15-18(23)2)16-19(3)30-25-11-9-22(17-28-25)24-7-5-6-13-27-24/h4-15,17H,1,3,16,26H2,2H3,(H,28,30)/b21-12+,29-14-. The number of allylic oxidation sites excluding steroid dienone is 4. The Hall–Kier alpha value is -3.99. The first-order valence-electron chi connectivity index (χ1n) is 9.59. The lowest BCUT2D eigenvalue weighted by Crippen LogP contribution is -2.03. The van der Waals surface area contributed by atoms with Crippen molar-refractivity contribution in [2.45, 2.75) is 13.3 Å². The predicted molar refractivity (Wildman–Crippen MR) is 126 cm³/mol. The van der Waals surface area contributed by atoms with Gasteiger partial charge in [-0.3, -0.25) is 4.98 Å². The van der Waals surface area contributed by atoms with Gasteiger partial charge in [0.2, 0.25) is 0 Å². The number of nitrogens with two attached hydrogens (primary N) is 1. The molecule has 2 heterocycles. The van der Waals surface area contributed by atoms with E-state index in [0.29, 0.717) is 6.42 Å². The Morgan fingerprint density at radius 3 is 2.67 bits per heavy atom. The summed E-state index contributed by atoms with van der Waals surface area (Å²) in [5.74, 6) is 5.95. The van der Waals surface area contributed by atoms with Gasteiger partial charge in [0.1, 0.15) is 5.82 Å². The number of benzene rings is 1. The minimum atomic E-state index is 0.697. The molecule has 0 unspecified atom stereocenters. The van der Waals surface area contributed by atoms with Gasteiger partial charge in [0.15, 0.2) is 0 Å². The van der Waals surface area contributed by atoms with Crippen molar-refractivity contribution >= 4 is 17.6 Å². The number of anilines is 1. The average Bonchev–Trinajstić information content (AvgIpc) is 2.76. The predicted octanol–water partition coefficient (Wildman–Crippen LogP) is 5.13. The van der Waals surface area contributed by atoms with E-state index >= 15 is 0 Å². The van der Waals surface area contributed by atoms with E-state index in [4.69, 9.17) is 5.84 Å². The molecule has 2 aromatic heterocycles. The molecule has 1 aromatic carbocycles. The van der Waals surface area contributed by atoms with Gasteiger partial charge in [-0.2, -0.15) is 5.10 Å². The Bertz CT molecular complexity index is 1080. The van der Waals surface area contributed by atoms with Crippen LogP contribution in [0.1, 0.15) is 16.7 Å². The summed E-state index contributed by atoms with van der Waals surface area (Å²) >= 11 is 0. The highest BCUT2D eigenvalue weighted by molar-refractivity contribution is 5.89. The van der Waals surface area contributed by atoms with Gasteiger partial charge in [-0.1, -0.05) is 43.5 Å². The van der Waals surface area contributed by atoms with E-state index in [0.717, 1.165) is 45.0 Å². The normalized spacial score (nSPS) is 11.4. The van der Waals surface area contributed by atoms with Crippen LogP contribution in [0.5, 0.6) is 0 Å². The third kappa shape index (κ3) is 5.29. The molecule has 0 amide bonds. The number of hydrogen-bond acceptors (Lipinski definition) is 5. The topological polar surface area (TPSA) is 76.2 Å². The Morgan fingerprint density at radius 1 is 1.17 bits per heavy atom. The zero-order valence-corrected chi connectivity index (χ0v) is 17.0. The molecule has 5 nitrogen and oxygen atoms in total. The van der Waals surface area contributed by atoms with Crippen LogP contribution < -0.4 is 11.2 Å². The fraction of sp³-hybridized carbons (Fsp3) is 0.0800. The maximum atomic E-state index is 5.19. The van der Waals surface area contributed by atoms with Gasteiger partial charge in [0.05, 0.1) is 5.69 Å². The van der Waals surface area contributed by atoms with Crippen molar-refractivity contribution in [3.63, 3.8) is 0 Å². The summed E-state index contributed by atoms with van der Waals surface area (Å²) in [6.45, 7) is 10.1. The summed E-state index contributed by atoms with van der Waals surface area (Å²) in [4.78, 5) is 8.82. The molecule has 0 fully saturated rings. The third-order valence-electron chi connectivity index (χ3n) is 4.61. The SMILES string of the molecule is C=C/C(=C\C=N/N)c1ccc(CC(=C)Nc2ccc(-c3ccccn3)cn2)cc1C. The molecule has 0 spiro atoms. The molecule has 3 rings (SSSR count). The van der Waals surface area contributed by atoms with Gasteiger partial charge in [-0.05, 0) is 59.5 Å². The second-order valence-electron chi connectivity index (χ2n) is 6.83. The molecular weight excluding hydrogens is 370 g/mol. The van der Waals surface area contributed by atoms with Crippen LogP contribution in [-0.2, 0) is 6.42 Å². The van der Waals surface area contributed by atoms with Crippen LogP contribution in [0.25, 0.3) is 16.8 Å². The van der Waals surface area contributed by atoms with Gasteiger partial charge < -0.3 is 11.2 Å². The number of aryl methyl sites for hydroxylation is 1. The molecule has 5 heteroatoms. The van der Waals surface area contributed by atoms with Crippen LogP contribution >= 0.6 is 0 Å². The molecule has 0 saturated heterocycles. The number of nitrogens with one attached hydrogen (secondary N) is 1. The van der Waals surface area contributed by atoms with E-state index in [1.54, 1.807) is 18.5 Å². The maximum Gasteiger partial charge on any atom is 0.130 e. The largest absolute Gasteiger partial charge is 0.344 e. The van der Waals surface area contributed by atoms with Gasteiger partial charge in [-0.15, -0.1) is 0 Å². The average molecular weight is 396 g/mol. The van der Waals surface area contributed by atoms with E-state index < -0.39 is 0 Å². The van der Waals surface area contributed by atoms with Crippen molar-refractivity contribution in [3.05, 3.63) is 109 Å². The molecule has 3 N–H and O–H groups in total. The number of hydrogen-bond donors (Lipinski definition) is 2. The van der Waals surface area contributed by atoms with E-state index in [-0.39, 0.29) is 0 Å². The zero-order valence-electron chi connectivity index (χ0n) is 17.0. The van der Waals surface area contributed by atoms with Crippen molar-refractivity contribution in [1.29, 1.82) is 0 Å².